The van der Waals surface area contributed by atoms with Crippen LogP contribution in [0.3, 0.4) is 0 Å². The van der Waals surface area contributed by atoms with Crippen LogP contribution in [0.5, 0.6) is 0 Å². The van der Waals surface area contributed by atoms with Gasteiger partial charge in [0.25, 0.3) is 0 Å². The molecule has 6 nitrogen and oxygen atoms in total. The van der Waals surface area contributed by atoms with E-state index in [2.05, 4.69) is 22.5 Å². The maximum absolute atomic E-state index is 13.9. The number of allylic oxidation sites excluding steroid dienone is 1. The summed E-state index contributed by atoms with van der Waals surface area (Å²) in [4.78, 5) is 12.8. The van der Waals surface area contributed by atoms with E-state index in [1.165, 1.54) is 11.6 Å². The second-order valence-electron chi connectivity index (χ2n) is 9.21. The second kappa shape index (κ2) is 10.4. The summed E-state index contributed by atoms with van der Waals surface area (Å²) >= 11 is 0. The van der Waals surface area contributed by atoms with Gasteiger partial charge in [-0.25, -0.2) is 4.79 Å². The van der Waals surface area contributed by atoms with E-state index in [4.69, 9.17) is 4.74 Å². The van der Waals surface area contributed by atoms with Crippen molar-refractivity contribution in [2.24, 2.45) is 0 Å². The van der Waals surface area contributed by atoms with Crippen molar-refractivity contribution in [2.75, 3.05) is 0 Å². The highest BCUT2D eigenvalue weighted by molar-refractivity contribution is 7.68. The fourth-order valence-corrected chi connectivity index (χ4v) is 5.37. The molecule has 0 spiro atoms. The molecule has 184 valence electrons. The molecule has 36 heavy (non-hydrogen) atoms. The highest BCUT2D eigenvalue weighted by Gasteiger charge is 2.29. The van der Waals surface area contributed by atoms with Gasteiger partial charge in [-0.15, -0.1) is 0 Å². The number of rotatable bonds is 7. The van der Waals surface area contributed by atoms with Crippen molar-refractivity contribution in [3.63, 3.8) is 0 Å². The smallest absolute Gasteiger partial charge is 0.330 e. The molecule has 0 saturated heterocycles. The third-order valence-electron chi connectivity index (χ3n) is 5.80. The van der Waals surface area contributed by atoms with Gasteiger partial charge in [0, 0.05) is 22.8 Å². The monoisotopic (exact) mass is 499 g/mol. The van der Waals surface area contributed by atoms with Crippen LogP contribution < -0.4 is 15.9 Å². The molecule has 0 unspecified atom stereocenters. The lowest BCUT2D eigenvalue weighted by molar-refractivity contribution is 0.228. The van der Waals surface area contributed by atoms with E-state index < -0.39 is 18.9 Å². The van der Waals surface area contributed by atoms with Gasteiger partial charge in [-0.3, -0.25) is 9.99 Å². The minimum atomic E-state index is -3.35. The van der Waals surface area contributed by atoms with Gasteiger partial charge in [0.1, 0.15) is 11.5 Å². The maximum Gasteiger partial charge on any atom is 0.330 e. The van der Waals surface area contributed by atoms with E-state index >= 15 is 0 Å². The molecular formula is C29H30N3O3P. The molecule has 0 aromatic heterocycles. The predicted molar refractivity (Wildman–Crippen MR) is 147 cm³/mol. The van der Waals surface area contributed by atoms with E-state index in [1.807, 2.05) is 106 Å². The van der Waals surface area contributed by atoms with Crippen LogP contribution in [0.1, 0.15) is 43.0 Å². The van der Waals surface area contributed by atoms with Crippen LogP contribution in [0.4, 0.5) is 4.79 Å². The fourth-order valence-electron chi connectivity index (χ4n) is 3.79. The molecule has 0 fully saturated rings. The standard InChI is InChI=1S/C29H30N3O3P/c1-21(2)24-16-11-17-25(18-24)29(3,4)30-28(33)31-32-36(34)19-26(22-12-7-5-8-13-22)35-27(20-36)23-14-9-6-10-15-23/h5-20H,1H2,2-4H3,(H,32,34)(H2,30,31,33). The molecule has 0 radical (unpaired) electrons. The summed E-state index contributed by atoms with van der Waals surface area (Å²) in [7, 11) is -3.35. The third kappa shape index (κ3) is 6.03. The first-order valence-corrected chi connectivity index (χ1v) is 13.5. The normalized spacial score (nSPS) is 14.6. The average Bonchev–Trinajstić information content (AvgIpc) is 2.88. The van der Waals surface area contributed by atoms with Gasteiger partial charge in [-0.1, -0.05) is 91.0 Å². The molecule has 0 bridgehead atoms. The van der Waals surface area contributed by atoms with Gasteiger partial charge in [0.2, 0.25) is 7.29 Å². The van der Waals surface area contributed by atoms with Crippen LogP contribution >= 0.6 is 7.29 Å². The number of hydrogen-bond donors (Lipinski definition) is 3. The minimum absolute atomic E-state index is 0.451. The Bertz CT molecular complexity index is 1320. The topological polar surface area (TPSA) is 79.5 Å². The van der Waals surface area contributed by atoms with Gasteiger partial charge in [0.05, 0.1) is 5.54 Å². The van der Waals surface area contributed by atoms with E-state index in [0.29, 0.717) is 11.5 Å². The first-order chi connectivity index (χ1) is 17.2. The van der Waals surface area contributed by atoms with E-state index in [-0.39, 0.29) is 0 Å². The van der Waals surface area contributed by atoms with Gasteiger partial charge in [-0.05, 0) is 38.0 Å². The fraction of sp³-hybridized carbons (Fsp3) is 0.138. The number of benzene rings is 3. The number of hydrazine groups is 1. The summed E-state index contributed by atoms with van der Waals surface area (Å²) in [5, 5.41) is 5.69. The number of urea groups is 1. The lowest BCUT2D eigenvalue weighted by Crippen LogP contribution is -2.49. The zero-order valence-corrected chi connectivity index (χ0v) is 21.5. The number of ether oxygens (including phenoxy) is 1. The van der Waals surface area contributed by atoms with Crippen molar-refractivity contribution in [1.82, 2.24) is 15.9 Å². The highest BCUT2D eigenvalue weighted by Crippen LogP contribution is 2.52. The summed E-state index contributed by atoms with van der Waals surface area (Å²) in [6.45, 7) is 9.74. The Morgan fingerprint density at radius 1 is 0.861 bits per heavy atom. The molecule has 1 heterocycles. The Kier molecular flexibility index (Phi) is 7.30. The quantitative estimate of drug-likeness (QED) is 0.240. The summed E-state index contributed by atoms with van der Waals surface area (Å²) in [5.41, 5.74) is 6.33. The number of hydrogen-bond acceptors (Lipinski definition) is 3. The van der Waals surface area contributed by atoms with Gasteiger partial charge in [-0.2, -0.15) is 5.20 Å². The molecule has 0 saturated carbocycles. The molecule has 3 aromatic rings. The Morgan fingerprint density at radius 2 is 1.42 bits per heavy atom. The molecule has 0 aliphatic carbocycles. The summed E-state index contributed by atoms with van der Waals surface area (Å²) in [6.07, 6.45) is 0. The van der Waals surface area contributed by atoms with Crippen LogP contribution in [-0.4, -0.2) is 6.03 Å². The SMILES string of the molecule is C=C(C)c1cccc(C(C)(C)NC(=O)NNP2(=O)C=C(c3ccccc3)OC(c3ccccc3)=C2)c1. The lowest BCUT2D eigenvalue weighted by Gasteiger charge is -2.28. The van der Waals surface area contributed by atoms with Crippen molar-refractivity contribution in [3.8, 4) is 0 Å². The summed E-state index contributed by atoms with van der Waals surface area (Å²) in [6, 6.07) is 26.2. The predicted octanol–water partition coefficient (Wildman–Crippen LogP) is 7.06. The summed E-state index contributed by atoms with van der Waals surface area (Å²) in [5.74, 6) is 3.95. The van der Waals surface area contributed by atoms with Crippen LogP contribution in [0.2, 0.25) is 0 Å². The molecule has 1 aliphatic heterocycles. The molecule has 2 amide bonds. The van der Waals surface area contributed by atoms with Crippen LogP contribution in [-0.2, 0) is 14.8 Å². The summed E-state index contributed by atoms with van der Waals surface area (Å²) < 4.78 is 20.0. The molecule has 0 atom stereocenters. The largest absolute Gasteiger partial charge is 0.456 e. The van der Waals surface area contributed by atoms with Gasteiger partial charge < -0.3 is 10.1 Å². The zero-order chi connectivity index (χ0) is 25.8. The molecule has 1 aliphatic rings. The third-order valence-corrected chi connectivity index (χ3v) is 7.50. The van der Waals surface area contributed by atoms with E-state index in [0.717, 1.165) is 27.8 Å². The van der Waals surface area contributed by atoms with Crippen molar-refractivity contribution in [3.05, 3.63) is 125 Å². The van der Waals surface area contributed by atoms with Crippen LogP contribution in [0.25, 0.3) is 17.1 Å². The number of carbonyl (C=O) groups is 1. The minimum Gasteiger partial charge on any atom is -0.456 e. The first-order valence-electron chi connectivity index (χ1n) is 11.6. The first kappa shape index (κ1) is 25.2. The molecule has 4 rings (SSSR count). The van der Waals surface area contributed by atoms with Crippen molar-refractivity contribution >= 4 is 30.4 Å². The second-order valence-corrected chi connectivity index (χ2v) is 11.4. The molecule has 3 aromatic carbocycles. The molecule has 3 N–H and O–H groups in total. The van der Waals surface area contributed by atoms with Crippen molar-refractivity contribution < 1.29 is 14.1 Å². The van der Waals surface area contributed by atoms with Crippen LogP contribution in [0, 0.1) is 0 Å². The van der Waals surface area contributed by atoms with Crippen LogP contribution in [0.15, 0.2) is 103 Å². The molecule has 7 heteroatoms. The Morgan fingerprint density at radius 3 is 1.94 bits per heavy atom. The van der Waals surface area contributed by atoms with Crippen molar-refractivity contribution in [1.29, 1.82) is 0 Å². The Labute approximate surface area is 212 Å². The highest BCUT2D eigenvalue weighted by atomic mass is 31.2. The maximum atomic E-state index is 13.9. The van der Waals surface area contributed by atoms with Crippen molar-refractivity contribution in [2.45, 2.75) is 26.3 Å². The lowest BCUT2D eigenvalue weighted by atomic mass is 9.92. The average molecular weight is 500 g/mol. The van der Waals surface area contributed by atoms with E-state index in [1.54, 1.807) is 0 Å². The molecular weight excluding hydrogens is 469 g/mol. The zero-order valence-electron chi connectivity index (χ0n) is 20.6. The number of carbonyl (C=O) groups excluding carboxylic acids is 1. The van der Waals surface area contributed by atoms with E-state index in [9.17, 15) is 9.36 Å². The number of amides is 2. The van der Waals surface area contributed by atoms with Gasteiger partial charge in [0.15, 0.2) is 0 Å². The Hall–Kier alpha value is -3.86. The Balaban J connectivity index is 1.54. The van der Waals surface area contributed by atoms with Gasteiger partial charge >= 0.3 is 6.03 Å². The number of nitrogens with one attached hydrogen (secondary N) is 3.